The summed E-state index contributed by atoms with van der Waals surface area (Å²) in [5.74, 6) is 2.70. The molecule has 146 valence electrons. The zero-order chi connectivity index (χ0) is 18.9. The van der Waals surface area contributed by atoms with Gasteiger partial charge in [0.15, 0.2) is 0 Å². The number of hydrogen-bond acceptors (Lipinski definition) is 6. The molecular weight excluding hydrogens is 360 g/mol. The molecule has 5 nitrogen and oxygen atoms in total. The lowest BCUT2D eigenvalue weighted by Gasteiger charge is -2.12. The van der Waals surface area contributed by atoms with E-state index in [0.29, 0.717) is 6.61 Å². The molecule has 0 radical (unpaired) electrons. The van der Waals surface area contributed by atoms with Gasteiger partial charge in [-0.15, -0.1) is 11.8 Å². The molecule has 0 fully saturated rings. The Morgan fingerprint density at radius 1 is 1.11 bits per heavy atom. The maximum absolute atomic E-state index is 6.00. The first-order valence-corrected chi connectivity index (χ1v) is 10.9. The van der Waals surface area contributed by atoms with Crippen LogP contribution in [0.4, 0.5) is 0 Å². The third-order valence-electron chi connectivity index (χ3n) is 4.50. The maximum Gasteiger partial charge on any atom is 0.216 e. The molecule has 0 N–H and O–H groups in total. The highest BCUT2D eigenvalue weighted by atomic mass is 32.2. The minimum absolute atomic E-state index is 0.681. The van der Waals surface area contributed by atoms with Crippen molar-refractivity contribution in [2.24, 2.45) is 4.99 Å². The molecule has 0 bridgehead atoms. The number of thioether (sulfide) groups is 1. The average molecular weight is 389 g/mol. The standard InChI is InChI=1S/C21H28N2O3S/c1-16-14-18(26-23-16)8-6-4-3-5-7-12-24-19-10-9-17(15-20(19)27-2)21-22-11-13-25-21/h9-10,14-15H,3-8,11-13H2,1-2H3. The highest BCUT2D eigenvalue weighted by Crippen LogP contribution is 2.29. The summed E-state index contributed by atoms with van der Waals surface area (Å²) >= 11 is 1.69. The molecule has 27 heavy (non-hydrogen) atoms. The lowest BCUT2D eigenvalue weighted by molar-refractivity contribution is 0.297. The lowest BCUT2D eigenvalue weighted by atomic mass is 10.1. The molecule has 3 rings (SSSR count). The summed E-state index contributed by atoms with van der Waals surface area (Å²) in [6, 6.07) is 8.19. The van der Waals surface area contributed by atoms with Crippen molar-refractivity contribution in [3.05, 3.63) is 41.3 Å². The normalized spacial score (nSPS) is 13.5. The van der Waals surface area contributed by atoms with Crippen LogP contribution < -0.4 is 4.74 Å². The van der Waals surface area contributed by atoms with Crippen LogP contribution in [-0.2, 0) is 11.2 Å². The second-order valence-electron chi connectivity index (χ2n) is 6.70. The fourth-order valence-electron chi connectivity index (χ4n) is 3.08. The van der Waals surface area contributed by atoms with E-state index in [2.05, 4.69) is 22.5 Å². The number of aromatic nitrogens is 1. The van der Waals surface area contributed by atoms with Crippen molar-refractivity contribution >= 4 is 17.7 Å². The Hall–Kier alpha value is -1.95. The number of aryl methyl sites for hydroxylation is 2. The summed E-state index contributed by atoms with van der Waals surface area (Å²) in [5.41, 5.74) is 2.00. The highest BCUT2D eigenvalue weighted by molar-refractivity contribution is 7.98. The molecule has 2 aromatic rings. The van der Waals surface area contributed by atoms with Gasteiger partial charge in [-0.05, 0) is 44.2 Å². The first kappa shape index (κ1) is 19.8. The van der Waals surface area contributed by atoms with E-state index in [-0.39, 0.29) is 0 Å². The summed E-state index contributed by atoms with van der Waals surface area (Å²) in [6.07, 6.45) is 8.91. The Kier molecular flexibility index (Phi) is 7.63. The van der Waals surface area contributed by atoms with E-state index < -0.39 is 0 Å². The summed E-state index contributed by atoms with van der Waals surface area (Å²) in [7, 11) is 0. The van der Waals surface area contributed by atoms with Crippen LogP contribution in [0.3, 0.4) is 0 Å². The van der Waals surface area contributed by atoms with E-state index in [1.54, 1.807) is 11.8 Å². The Balaban J connectivity index is 1.32. The molecule has 0 saturated heterocycles. The Morgan fingerprint density at radius 2 is 1.96 bits per heavy atom. The first-order valence-electron chi connectivity index (χ1n) is 9.67. The van der Waals surface area contributed by atoms with E-state index >= 15 is 0 Å². The molecule has 0 saturated carbocycles. The first-order chi connectivity index (χ1) is 13.3. The van der Waals surface area contributed by atoms with Crippen LogP contribution in [0.1, 0.15) is 49.1 Å². The summed E-state index contributed by atoms with van der Waals surface area (Å²) < 4.78 is 16.8. The van der Waals surface area contributed by atoms with Crippen molar-refractivity contribution < 1.29 is 14.0 Å². The predicted molar refractivity (Wildman–Crippen MR) is 109 cm³/mol. The number of rotatable bonds is 11. The molecule has 1 aromatic carbocycles. The van der Waals surface area contributed by atoms with Crippen LogP contribution in [0.5, 0.6) is 5.75 Å². The van der Waals surface area contributed by atoms with Gasteiger partial charge < -0.3 is 14.0 Å². The Morgan fingerprint density at radius 3 is 2.70 bits per heavy atom. The van der Waals surface area contributed by atoms with E-state index in [4.69, 9.17) is 14.0 Å². The predicted octanol–water partition coefficient (Wildman–Crippen LogP) is 5.05. The van der Waals surface area contributed by atoms with Crippen LogP contribution in [0.15, 0.2) is 38.7 Å². The Labute approximate surface area is 165 Å². The molecule has 2 heterocycles. The maximum atomic E-state index is 6.00. The van der Waals surface area contributed by atoms with Gasteiger partial charge >= 0.3 is 0 Å². The summed E-state index contributed by atoms with van der Waals surface area (Å²) in [4.78, 5) is 5.51. The van der Waals surface area contributed by atoms with Gasteiger partial charge in [0.1, 0.15) is 18.1 Å². The van der Waals surface area contributed by atoms with Gasteiger partial charge in [-0.2, -0.15) is 0 Å². The third kappa shape index (κ3) is 6.03. The second-order valence-corrected chi connectivity index (χ2v) is 7.55. The second kappa shape index (κ2) is 10.4. The summed E-state index contributed by atoms with van der Waals surface area (Å²) in [5, 5.41) is 3.92. The molecule has 0 spiro atoms. The van der Waals surface area contributed by atoms with E-state index in [0.717, 1.165) is 66.0 Å². The number of benzene rings is 1. The third-order valence-corrected chi connectivity index (χ3v) is 5.26. The number of aliphatic imine (C=N–C) groups is 1. The summed E-state index contributed by atoms with van der Waals surface area (Å²) in [6.45, 7) is 4.14. The molecular formula is C21H28N2O3S. The van der Waals surface area contributed by atoms with Crippen molar-refractivity contribution in [1.82, 2.24) is 5.16 Å². The van der Waals surface area contributed by atoms with Gasteiger partial charge in [-0.3, -0.25) is 0 Å². The van der Waals surface area contributed by atoms with Gasteiger partial charge in [0.25, 0.3) is 0 Å². The van der Waals surface area contributed by atoms with Crippen molar-refractivity contribution in [2.75, 3.05) is 26.0 Å². The molecule has 1 aliphatic heterocycles. The van der Waals surface area contributed by atoms with Gasteiger partial charge in [0, 0.05) is 22.9 Å². The molecule has 0 amide bonds. The quantitative estimate of drug-likeness (QED) is 0.398. The highest BCUT2D eigenvalue weighted by Gasteiger charge is 2.13. The zero-order valence-corrected chi connectivity index (χ0v) is 17.0. The zero-order valence-electron chi connectivity index (χ0n) is 16.2. The van der Waals surface area contributed by atoms with Crippen molar-refractivity contribution in [2.45, 2.75) is 50.3 Å². The largest absolute Gasteiger partial charge is 0.492 e. The number of nitrogens with zero attached hydrogens (tertiary/aromatic N) is 2. The molecule has 0 aliphatic carbocycles. The fourth-order valence-corrected chi connectivity index (χ4v) is 3.65. The molecule has 1 aliphatic rings. The lowest BCUT2D eigenvalue weighted by Crippen LogP contribution is -2.03. The average Bonchev–Trinajstić information content (AvgIpc) is 3.36. The van der Waals surface area contributed by atoms with E-state index in [9.17, 15) is 0 Å². The van der Waals surface area contributed by atoms with Gasteiger partial charge in [-0.1, -0.05) is 24.4 Å². The monoisotopic (exact) mass is 388 g/mol. The SMILES string of the molecule is CSc1cc(C2=NCCO2)ccc1OCCCCCCCc1cc(C)no1. The minimum atomic E-state index is 0.681. The smallest absolute Gasteiger partial charge is 0.216 e. The molecule has 1 aromatic heterocycles. The minimum Gasteiger partial charge on any atom is -0.492 e. The number of ether oxygens (including phenoxy) is 2. The molecule has 0 atom stereocenters. The van der Waals surface area contributed by atoms with Crippen LogP contribution >= 0.6 is 11.8 Å². The van der Waals surface area contributed by atoms with Crippen molar-refractivity contribution in [3.63, 3.8) is 0 Å². The van der Waals surface area contributed by atoms with Gasteiger partial charge in [0.2, 0.25) is 5.90 Å². The molecule has 0 unspecified atom stereocenters. The van der Waals surface area contributed by atoms with Crippen LogP contribution in [-0.4, -0.2) is 37.1 Å². The number of unbranched alkanes of at least 4 members (excludes halogenated alkanes) is 4. The van der Waals surface area contributed by atoms with Crippen molar-refractivity contribution in [3.8, 4) is 5.75 Å². The van der Waals surface area contributed by atoms with Crippen molar-refractivity contribution in [1.29, 1.82) is 0 Å². The fraction of sp³-hybridized carbons (Fsp3) is 0.524. The molecule has 6 heteroatoms. The Bertz CT molecular complexity index is 758. The topological polar surface area (TPSA) is 56.9 Å². The van der Waals surface area contributed by atoms with Gasteiger partial charge in [-0.25, -0.2) is 4.99 Å². The number of hydrogen-bond donors (Lipinski definition) is 0. The van der Waals surface area contributed by atoms with Crippen LogP contribution in [0, 0.1) is 6.92 Å². The van der Waals surface area contributed by atoms with E-state index in [1.807, 2.05) is 25.1 Å². The van der Waals surface area contributed by atoms with Crippen LogP contribution in [0.25, 0.3) is 0 Å². The van der Waals surface area contributed by atoms with Gasteiger partial charge in [0.05, 0.1) is 18.8 Å². The van der Waals surface area contributed by atoms with E-state index in [1.165, 1.54) is 19.3 Å². The van der Waals surface area contributed by atoms with Crippen LogP contribution in [0.2, 0.25) is 0 Å².